The van der Waals surface area contributed by atoms with Gasteiger partial charge in [0.15, 0.2) is 11.2 Å². The Labute approximate surface area is 388 Å². The second-order valence-electron chi connectivity index (χ2n) is 18.9. The maximum Gasteiger partial charge on any atom is 0.159 e. The molecule has 3 aromatic heterocycles. The van der Waals surface area contributed by atoms with E-state index < -0.39 is 0 Å². The van der Waals surface area contributed by atoms with E-state index in [4.69, 9.17) is 13.3 Å². The predicted octanol–water partition coefficient (Wildman–Crippen LogP) is 18.8. The Morgan fingerprint density at radius 2 is 0.791 bits per heavy atom. The standard InChI is InChI=1S/C62H48N2O3/c1-3-21-41(22-4-1)63(53-33-15-31-50-48-29-13-27-44(39-17-7-8-18-39)59(48)66-61(50)53)43-35-36-56-52(37-43)58-47-26-12-11-25-46(47)55(38-57(58)65-56)64(42-23-5-2-6-24-42)54-34-16-32-51-49-30-14-28-45(40-19-9-10-20-40)60(49)67-62(51)54/h1-6,11-16,21-40H,7-10,17-20H2. The Morgan fingerprint density at radius 1 is 0.313 bits per heavy atom. The Bertz CT molecular complexity index is 3850. The van der Waals surface area contributed by atoms with E-state index >= 15 is 0 Å². The summed E-state index contributed by atoms with van der Waals surface area (Å²) in [7, 11) is 0. The van der Waals surface area contributed by atoms with E-state index in [9.17, 15) is 0 Å². The molecular formula is C62H48N2O3. The molecule has 0 atom stereocenters. The highest BCUT2D eigenvalue weighted by Gasteiger charge is 2.28. The van der Waals surface area contributed by atoms with Gasteiger partial charge >= 0.3 is 0 Å². The molecule has 5 heteroatoms. The number of furan rings is 3. The van der Waals surface area contributed by atoms with Gasteiger partial charge in [0.05, 0.1) is 17.1 Å². The molecule has 0 unspecified atom stereocenters. The van der Waals surface area contributed by atoms with Gasteiger partial charge in [-0.25, -0.2) is 0 Å². The van der Waals surface area contributed by atoms with Crippen LogP contribution in [-0.4, -0.2) is 0 Å². The van der Waals surface area contributed by atoms with Gasteiger partial charge < -0.3 is 23.1 Å². The van der Waals surface area contributed by atoms with Gasteiger partial charge in [-0.05, 0) is 109 Å². The van der Waals surface area contributed by atoms with E-state index in [1.807, 2.05) is 0 Å². The first-order chi connectivity index (χ1) is 33.2. The van der Waals surface area contributed by atoms with E-state index in [1.54, 1.807) is 0 Å². The summed E-state index contributed by atoms with van der Waals surface area (Å²) in [5.41, 5.74) is 14.3. The number of hydrogen-bond acceptors (Lipinski definition) is 5. The van der Waals surface area contributed by atoms with Crippen molar-refractivity contribution in [3.05, 3.63) is 193 Å². The molecule has 2 aliphatic carbocycles. The molecule has 12 aromatic rings. The highest BCUT2D eigenvalue weighted by molar-refractivity contribution is 6.24. The Kier molecular flexibility index (Phi) is 8.86. The maximum atomic E-state index is 7.10. The predicted molar refractivity (Wildman–Crippen MR) is 278 cm³/mol. The van der Waals surface area contributed by atoms with Crippen LogP contribution in [0.1, 0.15) is 74.3 Å². The van der Waals surface area contributed by atoms with E-state index in [-0.39, 0.29) is 0 Å². The third-order valence-electron chi connectivity index (χ3n) is 15.1. The van der Waals surface area contributed by atoms with Gasteiger partial charge in [-0.15, -0.1) is 0 Å². The van der Waals surface area contributed by atoms with Crippen LogP contribution in [0.25, 0.3) is 76.6 Å². The van der Waals surface area contributed by atoms with E-state index in [0.29, 0.717) is 11.8 Å². The van der Waals surface area contributed by atoms with Gasteiger partial charge in [-0.2, -0.15) is 0 Å². The summed E-state index contributed by atoms with van der Waals surface area (Å²) >= 11 is 0. The van der Waals surface area contributed by atoms with Crippen molar-refractivity contribution in [1.82, 2.24) is 0 Å². The van der Waals surface area contributed by atoms with Crippen LogP contribution in [-0.2, 0) is 0 Å². The number of anilines is 6. The molecular weight excluding hydrogens is 821 g/mol. The van der Waals surface area contributed by atoms with Gasteiger partial charge in [0.1, 0.15) is 22.3 Å². The first-order valence-electron chi connectivity index (χ1n) is 24.2. The van der Waals surface area contributed by atoms with E-state index in [2.05, 4.69) is 192 Å². The molecule has 67 heavy (non-hydrogen) atoms. The smallest absolute Gasteiger partial charge is 0.159 e. The summed E-state index contributed by atoms with van der Waals surface area (Å²) < 4.78 is 21.1. The molecule has 5 nitrogen and oxygen atoms in total. The second-order valence-corrected chi connectivity index (χ2v) is 18.9. The topological polar surface area (TPSA) is 45.9 Å². The Balaban J connectivity index is 0.968. The van der Waals surface area contributed by atoms with Gasteiger partial charge in [0.25, 0.3) is 0 Å². The summed E-state index contributed by atoms with van der Waals surface area (Å²) in [5, 5.41) is 9.02. The van der Waals surface area contributed by atoms with Crippen LogP contribution in [0.15, 0.2) is 195 Å². The van der Waals surface area contributed by atoms with Crippen LogP contribution < -0.4 is 9.80 Å². The minimum Gasteiger partial charge on any atom is -0.456 e. The molecule has 2 aliphatic rings. The first-order valence-corrected chi connectivity index (χ1v) is 24.2. The maximum absolute atomic E-state index is 7.10. The molecule has 0 saturated heterocycles. The largest absolute Gasteiger partial charge is 0.456 e. The summed E-state index contributed by atoms with van der Waals surface area (Å²) in [6, 6.07) is 65.6. The van der Waals surface area contributed by atoms with Gasteiger partial charge in [-0.1, -0.05) is 147 Å². The number of rotatable bonds is 8. The molecule has 9 aromatic carbocycles. The van der Waals surface area contributed by atoms with Crippen molar-refractivity contribution in [3.63, 3.8) is 0 Å². The lowest BCUT2D eigenvalue weighted by atomic mass is 9.95. The van der Waals surface area contributed by atoms with Crippen LogP contribution in [0.4, 0.5) is 34.1 Å². The van der Waals surface area contributed by atoms with Crippen molar-refractivity contribution in [1.29, 1.82) is 0 Å². The average Bonchev–Trinajstić information content (AvgIpc) is 4.25. The van der Waals surface area contributed by atoms with E-state index in [0.717, 1.165) is 99.9 Å². The molecule has 0 amide bonds. The lowest BCUT2D eigenvalue weighted by Crippen LogP contribution is -2.10. The highest BCUT2D eigenvalue weighted by Crippen LogP contribution is 2.51. The molecule has 0 N–H and O–H groups in total. The van der Waals surface area contributed by atoms with Crippen molar-refractivity contribution < 1.29 is 13.3 Å². The molecule has 0 spiro atoms. The fourth-order valence-electron chi connectivity index (χ4n) is 12.0. The third kappa shape index (κ3) is 6.07. The van der Waals surface area contributed by atoms with Crippen LogP contribution in [0.3, 0.4) is 0 Å². The first kappa shape index (κ1) is 38.5. The number of fused-ring (bicyclic) bond motifs is 11. The summed E-state index contributed by atoms with van der Waals surface area (Å²) in [6.07, 6.45) is 9.98. The quantitative estimate of drug-likeness (QED) is 0.152. The Morgan fingerprint density at radius 3 is 1.37 bits per heavy atom. The van der Waals surface area contributed by atoms with Crippen LogP contribution in [0.5, 0.6) is 0 Å². The number of para-hydroxylation sites is 6. The summed E-state index contributed by atoms with van der Waals surface area (Å²) in [4.78, 5) is 4.71. The zero-order valence-corrected chi connectivity index (χ0v) is 37.3. The van der Waals surface area contributed by atoms with Crippen molar-refractivity contribution in [3.8, 4) is 0 Å². The molecule has 0 aliphatic heterocycles. The van der Waals surface area contributed by atoms with Crippen molar-refractivity contribution >= 4 is 111 Å². The molecule has 0 bridgehead atoms. The normalized spacial score (nSPS) is 14.9. The molecule has 2 fully saturated rings. The molecule has 324 valence electrons. The lowest BCUT2D eigenvalue weighted by Gasteiger charge is -2.27. The summed E-state index contributed by atoms with van der Waals surface area (Å²) in [6.45, 7) is 0. The minimum absolute atomic E-state index is 0.533. The van der Waals surface area contributed by atoms with E-state index in [1.165, 1.54) is 73.3 Å². The van der Waals surface area contributed by atoms with Gasteiger partial charge in [0, 0.05) is 60.8 Å². The van der Waals surface area contributed by atoms with Crippen LogP contribution in [0, 0.1) is 0 Å². The lowest BCUT2D eigenvalue weighted by molar-refractivity contribution is 0.643. The average molecular weight is 869 g/mol. The van der Waals surface area contributed by atoms with Crippen molar-refractivity contribution in [2.45, 2.75) is 63.2 Å². The number of hydrogen-bond donors (Lipinski definition) is 0. The van der Waals surface area contributed by atoms with Gasteiger partial charge in [0.2, 0.25) is 0 Å². The second kappa shape index (κ2) is 15.4. The SMILES string of the molecule is c1ccc(N(c2ccc3oc4cc(N(c5ccccc5)c5cccc6c5oc5c(C7CCCC7)cccc56)c5ccccc5c4c3c2)c2cccc3c2oc2c(C4CCCC4)cccc23)cc1. The molecule has 3 heterocycles. The molecule has 2 saturated carbocycles. The van der Waals surface area contributed by atoms with Crippen LogP contribution in [0.2, 0.25) is 0 Å². The summed E-state index contributed by atoms with van der Waals surface area (Å²) in [5.74, 6) is 1.07. The fraction of sp³-hybridized carbons (Fsp3) is 0.161. The van der Waals surface area contributed by atoms with Crippen molar-refractivity contribution in [2.75, 3.05) is 9.80 Å². The Hall–Kier alpha value is -7.76. The van der Waals surface area contributed by atoms with Crippen LogP contribution >= 0.6 is 0 Å². The zero-order valence-electron chi connectivity index (χ0n) is 37.3. The number of nitrogens with zero attached hydrogens (tertiary/aromatic N) is 2. The monoisotopic (exact) mass is 868 g/mol. The third-order valence-corrected chi connectivity index (χ3v) is 15.1. The zero-order chi connectivity index (χ0) is 44.0. The number of benzene rings is 9. The fourth-order valence-corrected chi connectivity index (χ4v) is 12.0. The molecule has 14 rings (SSSR count). The minimum atomic E-state index is 0.533. The van der Waals surface area contributed by atoms with Crippen molar-refractivity contribution in [2.24, 2.45) is 0 Å². The highest BCUT2D eigenvalue weighted by atomic mass is 16.3. The van der Waals surface area contributed by atoms with Gasteiger partial charge in [-0.3, -0.25) is 0 Å². The molecule has 0 radical (unpaired) electrons.